The van der Waals surface area contributed by atoms with Crippen molar-refractivity contribution in [2.75, 3.05) is 5.32 Å². The number of hydrogen-bond donors (Lipinski definition) is 1. The van der Waals surface area contributed by atoms with Crippen LogP contribution in [0.1, 0.15) is 54.9 Å². The summed E-state index contributed by atoms with van der Waals surface area (Å²) in [5.74, 6) is 0. The molecule has 3 nitrogen and oxygen atoms in total. The normalized spacial score (nSPS) is 13.3. The third kappa shape index (κ3) is 3.55. The van der Waals surface area contributed by atoms with E-state index in [1.54, 1.807) is 17.5 Å². The van der Waals surface area contributed by atoms with Crippen LogP contribution in [0.3, 0.4) is 0 Å². The van der Waals surface area contributed by atoms with Gasteiger partial charge in [-0.2, -0.15) is 0 Å². The molecule has 0 aliphatic rings. The summed E-state index contributed by atoms with van der Waals surface area (Å²) in [6.07, 6.45) is 1.73. The van der Waals surface area contributed by atoms with Gasteiger partial charge in [-0.3, -0.25) is 0 Å². The van der Waals surface area contributed by atoms with E-state index < -0.39 is 0 Å². The Kier molecular flexibility index (Phi) is 4.59. The minimum Gasteiger partial charge on any atom is -0.375 e. The van der Waals surface area contributed by atoms with Gasteiger partial charge in [0, 0.05) is 16.5 Å². The Morgan fingerprint density at radius 2 is 1.95 bits per heavy atom. The van der Waals surface area contributed by atoms with Crippen LogP contribution >= 0.6 is 22.9 Å². The predicted molar refractivity (Wildman–Crippen MR) is 91.6 cm³/mol. The van der Waals surface area contributed by atoms with Crippen molar-refractivity contribution in [1.82, 2.24) is 9.97 Å². The molecule has 0 aliphatic heterocycles. The Labute approximate surface area is 135 Å². The molecule has 0 amide bonds. The lowest BCUT2D eigenvalue weighted by Crippen LogP contribution is -2.10. The van der Waals surface area contributed by atoms with Crippen LogP contribution in [0.5, 0.6) is 0 Å². The minimum absolute atomic E-state index is 0.0786. The summed E-state index contributed by atoms with van der Waals surface area (Å²) >= 11 is 7.96. The SMILES string of the molecule is Cc1ccnc(Cl)c1NC(C)c1sc(C(C)(C)C)nc1C. The second-order valence-corrected chi connectivity index (χ2v) is 7.77. The lowest BCUT2D eigenvalue weighted by atomic mass is 9.98. The number of pyridine rings is 1. The van der Waals surface area contributed by atoms with E-state index in [0.29, 0.717) is 5.15 Å². The smallest absolute Gasteiger partial charge is 0.152 e. The van der Waals surface area contributed by atoms with Gasteiger partial charge in [0.15, 0.2) is 5.15 Å². The van der Waals surface area contributed by atoms with Crippen LogP contribution in [0.4, 0.5) is 5.69 Å². The van der Waals surface area contributed by atoms with Crippen molar-refractivity contribution in [2.24, 2.45) is 0 Å². The molecule has 0 aromatic carbocycles. The quantitative estimate of drug-likeness (QED) is 0.781. The van der Waals surface area contributed by atoms with Crippen LogP contribution in [0.25, 0.3) is 0 Å². The molecule has 0 saturated carbocycles. The van der Waals surface area contributed by atoms with Gasteiger partial charge in [-0.25, -0.2) is 9.97 Å². The number of aryl methyl sites for hydroxylation is 2. The fourth-order valence-electron chi connectivity index (χ4n) is 2.11. The summed E-state index contributed by atoms with van der Waals surface area (Å²) in [5.41, 5.74) is 3.16. The molecule has 0 radical (unpaired) electrons. The molecule has 2 aromatic rings. The first-order valence-corrected chi connectivity index (χ1v) is 8.25. The molecule has 0 bridgehead atoms. The van der Waals surface area contributed by atoms with E-state index in [9.17, 15) is 0 Å². The Hall–Kier alpha value is -1.13. The molecule has 2 rings (SSSR count). The average Bonchev–Trinajstić information content (AvgIpc) is 2.76. The van der Waals surface area contributed by atoms with E-state index >= 15 is 0 Å². The van der Waals surface area contributed by atoms with Gasteiger partial charge < -0.3 is 5.32 Å². The summed E-state index contributed by atoms with van der Waals surface area (Å²) in [6, 6.07) is 2.11. The van der Waals surface area contributed by atoms with Crippen molar-refractivity contribution in [3.63, 3.8) is 0 Å². The average molecular weight is 324 g/mol. The molecule has 0 spiro atoms. The lowest BCUT2D eigenvalue weighted by Gasteiger charge is -2.17. The predicted octanol–water partition coefficient (Wildman–Crippen LogP) is 5.28. The van der Waals surface area contributed by atoms with Gasteiger partial charge in [0.2, 0.25) is 0 Å². The third-order valence-corrected chi connectivity index (χ3v) is 5.39. The Bertz CT molecular complexity index is 623. The van der Waals surface area contributed by atoms with Gasteiger partial charge >= 0.3 is 0 Å². The van der Waals surface area contributed by atoms with Crippen molar-refractivity contribution >= 4 is 28.6 Å². The van der Waals surface area contributed by atoms with Crippen molar-refractivity contribution in [3.8, 4) is 0 Å². The number of thiazole rings is 1. The van der Waals surface area contributed by atoms with Crippen LogP contribution in [-0.2, 0) is 5.41 Å². The molecule has 0 aliphatic carbocycles. The molecule has 2 heterocycles. The molecular weight excluding hydrogens is 302 g/mol. The Morgan fingerprint density at radius 3 is 2.48 bits per heavy atom. The molecule has 0 fully saturated rings. The lowest BCUT2D eigenvalue weighted by molar-refractivity contribution is 0.584. The molecule has 1 unspecified atom stereocenters. The highest BCUT2D eigenvalue weighted by molar-refractivity contribution is 7.12. The molecule has 0 saturated heterocycles. The number of rotatable bonds is 3. The van der Waals surface area contributed by atoms with E-state index in [0.717, 1.165) is 22.0 Å². The highest BCUT2D eigenvalue weighted by Gasteiger charge is 2.23. The van der Waals surface area contributed by atoms with E-state index in [1.807, 2.05) is 13.0 Å². The highest BCUT2D eigenvalue weighted by atomic mass is 35.5. The second kappa shape index (κ2) is 5.93. The maximum atomic E-state index is 6.19. The number of aromatic nitrogens is 2. The van der Waals surface area contributed by atoms with Gasteiger partial charge in [-0.1, -0.05) is 32.4 Å². The number of anilines is 1. The summed E-state index contributed by atoms with van der Waals surface area (Å²) in [6.45, 7) is 12.8. The van der Waals surface area contributed by atoms with Crippen molar-refractivity contribution in [1.29, 1.82) is 0 Å². The van der Waals surface area contributed by atoms with E-state index in [2.05, 4.69) is 44.9 Å². The van der Waals surface area contributed by atoms with Gasteiger partial charge in [0.1, 0.15) is 0 Å². The molecule has 1 atom stereocenters. The van der Waals surface area contributed by atoms with Gasteiger partial charge in [0.05, 0.1) is 22.4 Å². The molecule has 21 heavy (non-hydrogen) atoms. The molecule has 2 aromatic heterocycles. The first-order valence-electron chi connectivity index (χ1n) is 7.05. The van der Waals surface area contributed by atoms with Crippen LogP contribution in [0.2, 0.25) is 5.15 Å². The van der Waals surface area contributed by atoms with Crippen LogP contribution in [0, 0.1) is 13.8 Å². The summed E-state index contributed by atoms with van der Waals surface area (Å²) in [7, 11) is 0. The number of nitrogens with one attached hydrogen (secondary N) is 1. The number of hydrogen-bond acceptors (Lipinski definition) is 4. The van der Waals surface area contributed by atoms with Crippen LogP contribution in [-0.4, -0.2) is 9.97 Å². The van der Waals surface area contributed by atoms with Crippen molar-refractivity contribution in [2.45, 2.75) is 53.0 Å². The third-order valence-electron chi connectivity index (χ3n) is 3.34. The maximum absolute atomic E-state index is 6.19. The Balaban J connectivity index is 2.29. The second-order valence-electron chi connectivity index (χ2n) is 6.38. The zero-order chi connectivity index (χ0) is 15.8. The number of nitrogens with zero attached hydrogens (tertiary/aromatic N) is 2. The minimum atomic E-state index is 0.0786. The largest absolute Gasteiger partial charge is 0.375 e. The van der Waals surface area contributed by atoms with Crippen LogP contribution < -0.4 is 5.32 Å². The molecule has 5 heteroatoms. The maximum Gasteiger partial charge on any atom is 0.152 e. The summed E-state index contributed by atoms with van der Waals surface area (Å²) < 4.78 is 0. The van der Waals surface area contributed by atoms with E-state index in [4.69, 9.17) is 16.6 Å². The molecule has 114 valence electrons. The van der Waals surface area contributed by atoms with E-state index in [-0.39, 0.29) is 11.5 Å². The van der Waals surface area contributed by atoms with Crippen molar-refractivity contribution < 1.29 is 0 Å². The summed E-state index contributed by atoms with van der Waals surface area (Å²) in [5, 5.41) is 5.15. The fraction of sp³-hybridized carbons (Fsp3) is 0.500. The molecule has 1 N–H and O–H groups in total. The zero-order valence-electron chi connectivity index (χ0n) is 13.4. The topological polar surface area (TPSA) is 37.8 Å². The zero-order valence-corrected chi connectivity index (χ0v) is 15.0. The van der Waals surface area contributed by atoms with Gasteiger partial charge in [0.25, 0.3) is 0 Å². The van der Waals surface area contributed by atoms with Crippen LogP contribution in [0.15, 0.2) is 12.3 Å². The summed E-state index contributed by atoms with van der Waals surface area (Å²) in [4.78, 5) is 10.1. The first-order chi connectivity index (χ1) is 9.70. The van der Waals surface area contributed by atoms with Crippen molar-refractivity contribution in [3.05, 3.63) is 38.6 Å². The molecular formula is C16H22ClN3S. The number of halogens is 1. The monoisotopic (exact) mass is 323 g/mol. The Morgan fingerprint density at radius 1 is 1.29 bits per heavy atom. The van der Waals surface area contributed by atoms with E-state index in [1.165, 1.54) is 4.88 Å². The van der Waals surface area contributed by atoms with Gasteiger partial charge in [-0.15, -0.1) is 11.3 Å². The van der Waals surface area contributed by atoms with Gasteiger partial charge in [-0.05, 0) is 32.4 Å². The highest BCUT2D eigenvalue weighted by Crippen LogP contribution is 2.35. The first kappa shape index (κ1) is 16.2. The fourth-order valence-corrected chi connectivity index (χ4v) is 3.50. The standard InChI is InChI=1S/C16H22ClN3S/c1-9-7-8-18-14(17)12(9)19-10(2)13-11(3)20-15(21-13)16(4,5)6/h7-8,10,19H,1-6H3.